The average molecular weight is 312 g/mol. The molecular weight excluding hydrogens is 288 g/mol. The van der Waals surface area contributed by atoms with Crippen molar-refractivity contribution in [1.29, 1.82) is 10.8 Å². The van der Waals surface area contributed by atoms with Gasteiger partial charge in [-0.05, 0) is 44.2 Å². The molecule has 0 atom stereocenters. The molecule has 1 aromatic heterocycles. The molecule has 0 aliphatic heterocycles. The summed E-state index contributed by atoms with van der Waals surface area (Å²) in [5, 5.41) is 19.1. The topological polar surface area (TPSA) is 125 Å². The normalized spacial score (nSPS) is 24.0. The number of hydrogen-bond donors (Lipinski definition) is 5. The summed E-state index contributed by atoms with van der Waals surface area (Å²) >= 11 is 0. The van der Waals surface area contributed by atoms with E-state index in [9.17, 15) is 0 Å². The number of pyridine rings is 1. The summed E-state index contributed by atoms with van der Waals surface area (Å²) in [6.45, 7) is 0.746. The van der Waals surface area contributed by atoms with Crippen LogP contribution in [0.5, 0.6) is 0 Å². The first-order valence-corrected chi connectivity index (χ1v) is 8.13. The zero-order chi connectivity index (χ0) is 16.4. The van der Waals surface area contributed by atoms with Crippen molar-refractivity contribution in [3.8, 4) is 0 Å². The summed E-state index contributed by atoms with van der Waals surface area (Å²) < 4.78 is 0. The van der Waals surface area contributed by atoms with Crippen molar-refractivity contribution in [2.24, 2.45) is 17.6 Å². The van der Waals surface area contributed by atoms with Crippen LogP contribution in [0.15, 0.2) is 18.5 Å². The summed E-state index contributed by atoms with van der Waals surface area (Å²) in [6.07, 6.45) is 9.02. The highest BCUT2D eigenvalue weighted by molar-refractivity contribution is 6.23. The first-order chi connectivity index (χ1) is 11.1. The molecule has 0 radical (unpaired) electrons. The Morgan fingerprint density at radius 3 is 2.70 bits per heavy atom. The minimum Gasteiger partial charge on any atom is -0.398 e. The number of anilines is 1. The Labute approximate surface area is 136 Å². The summed E-state index contributed by atoms with van der Waals surface area (Å²) in [6, 6.07) is 2.19. The van der Waals surface area contributed by atoms with E-state index in [0.29, 0.717) is 40.5 Å². The molecule has 2 aliphatic carbocycles. The molecule has 2 saturated carbocycles. The van der Waals surface area contributed by atoms with E-state index in [0.717, 1.165) is 37.8 Å². The number of nitrogens with two attached hydrogens (primary N) is 2. The Hall–Kier alpha value is -2.21. The Balaban J connectivity index is 1.79. The number of rotatable bonds is 7. The number of nitrogens with one attached hydrogen (secondary N) is 3. The summed E-state index contributed by atoms with van der Waals surface area (Å²) in [7, 11) is 0. The largest absolute Gasteiger partial charge is 0.398 e. The second-order valence-electron chi connectivity index (χ2n) is 6.53. The molecule has 0 bridgehead atoms. The third kappa shape index (κ3) is 3.42. The van der Waals surface area contributed by atoms with Crippen LogP contribution in [-0.2, 0) is 0 Å². The van der Waals surface area contributed by atoms with Crippen LogP contribution in [0.3, 0.4) is 0 Å². The Bertz CT molecular complexity index is 640. The average Bonchev–Trinajstić information content (AvgIpc) is 3.34. The van der Waals surface area contributed by atoms with Gasteiger partial charge in [-0.2, -0.15) is 0 Å². The lowest BCUT2D eigenvalue weighted by atomic mass is 9.80. The Morgan fingerprint density at radius 2 is 2.13 bits per heavy atom. The van der Waals surface area contributed by atoms with Crippen molar-refractivity contribution in [1.82, 2.24) is 10.3 Å². The minimum absolute atomic E-state index is 0.340. The quantitative estimate of drug-likeness (QED) is 0.492. The van der Waals surface area contributed by atoms with Crippen molar-refractivity contribution < 1.29 is 0 Å². The van der Waals surface area contributed by atoms with Crippen molar-refractivity contribution in [3.05, 3.63) is 29.7 Å². The molecule has 3 rings (SSSR count). The third-order valence-corrected chi connectivity index (χ3v) is 4.71. The number of allylic oxidation sites excluding steroid dienone is 1. The fourth-order valence-electron chi connectivity index (χ4n) is 2.90. The Kier molecular flexibility index (Phi) is 4.43. The highest BCUT2D eigenvalue weighted by atomic mass is 14.9. The molecule has 2 aliphatic rings. The second kappa shape index (κ2) is 6.50. The maximum absolute atomic E-state index is 8.41. The van der Waals surface area contributed by atoms with Crippen LogP contribution >= 0.6 is 0 Å². The molecular formula is C17H24N6. The van der Waals surface area contributed by atoms with Gasteiger partial charge >= 0.3 is 0 Å². The molecule has 1 heterocycles. The lowest BCUT2D eigenvalue weighted by Crippen LogP contribution is -2.41. The van der Waals surface area contributed by atoms with E-state index in [1.807, 2.05) is 6.20 Å². The van der Waals surface area contributed by atoms with Crippen molar-refractivity contribution in [2.45, 2.75) is 31.7 Å². The van der Waals surface area contributed by atoms with Gasteiger partial charge in [0.2, 0.25) is 0 Å². The molecule has 0 aromatic carbocycles. The van der Waals surface area contributed by atoms with Gasteiger partial charge in [0.1, 0.15) is 0 Å². The molecule has 6 heteroatoms. The molecule has 122 valence electrons. The zero-order valence-electron chi connectivity index (χ0n) is 13.2. The van der Waals surface area contributed by atoms with E-state index >= 15 is 0 Å². The highest BCUT2D eigenvalue weighted by Crippen LogP contribution is 2.35. The van der Waals surface area contributed by atoms with Gasteiger partial charge < -0.3 is 27.6 Å². The van der Waals surface area contributed by atoms with E-state index in [1.54, 1.807) is 12.3 Å². The first kappa shape index (κ1) is 15.7. The van der Waals surface area contributed by atoms with Gasteiger partial charge in [0.05, 0.1) is 5.69 Å². The van der Waals surface area contributed by atoms with Crippen molar-refractivity contribution >= 4 is 23.2 Å². The molecule has 7 N–H and O–H groups in total. The fraction of sp³-hybridized carbons (Fsp3) is 0.471. The molecule has 0 amide bonds. The number of nitrogens with zero attached hydrogens (tertiary/aromatic N) is 1. The summed E-state index contributed by atoms with van der Waals surface area (Å²) in [4.78, 5) is 4.39. The van der Waals surface area contributed by atoms with Crippen molar-refractivity contribution in [3.63, 3.8) is 0 Å². The van der Waals surface area contributed by atoms with Gasteiger partial charge in [-0.1, -0.05) is 0 Å². The highest BCUT2D eigenvalue weighted by Gasteiger charge is 2.31. The monoisotopic (exact) mass is 312 g/mol. The van der Waals surface area contributed by atoms with Crippen LogP contribution in [-0.4, -0.2) is 29.5 Å². The van der Waals surface area contributed by atoms with Gasteiger partial charge in [0, 0.05) is 53.1 Å². The van der Waals surface area contributed by atoms with Crippen LogP contribution in [0.25, 0.3) is 5.57 Å². The lowest BCUT2D eigenvalue weighted by Gasteiger charge is -2.34. The van der Waals surface area contributed by atoms with Gasteiger partial charge in [-0.15, -0.1) is 0 Å². The first-order valence-electron chi connectivity index (χ1n) is 8.13. The van der Waals surface area contributed by atoms with Crippen LogP contribution in [0.2, 0.25) is 0 Å². The van der Waals surface area contributed by atoms with Crippen LogP contribution in [0.1, 0.15) is 36.9 Å². The maximum Gasteiger partial charge on any atom is 0.0755 e. The van der Waals surface area contributed by atoms with E-state index in [-0.39, 0.29) is 0 Å². The molecule has 0 saturated heterocycles. The van der Waals surface area contributed by atoms with Crippen molar-refractivity contribution in [2.75, 3.05) is 12.3 Å². The number of nitrogen functional groups attached to an aromatic ring is 1. The molecule has 0 spiro atoms. The molecule has 6 nitrogen and oxygen atoms in total. The molecule has 0 unspecified atom stereocenters. The molecule has 1 aromatic rings. The molecule has 2 fully saturated rings. The van der Waals surface area contributed by atoms with Gasteiger partial charge in [-0.3, -0.25) is 4.98 Å². The predicted octanol–water partition coefficient (Wildman–Crippen LogP) is 1.76. The predicted molar refractivity (Wildman–Crippen MR) is 93.7 cm³/mol. The smallest absolute Gasteiger partial charge is 0.0755 e. The number of aromatic nitrogens is 1. The van der Waals surface area contributed by atoms with Crippen LogP contribution in [0, 0.1) is 22.7 Å². The van der Waals surface area contributed by atoms with E-state index < -0.39 is 0 Å². The fourth-order valence-corrected chi connectivity index (χ4v) is 2.90. The van der Waals surface area contributed by atoms with Gasteiger partial charge in [0.15, 0.2) is 0 Å². The summed E-state index contributed by atoms with van der Waals surface area (Å²) in [5.74, 6) is 0.958. The van der Waals surface area contributed by atoms with Crippen LogP contribution < -0.4 is 16.8 Å². The summed E-state index contributed by atoms with van der Waals surface area (Å²) in [5.41, 5.74) is 14.9. The van der Waals surface area contributed by atoms with E-state index in [1.165, 1.54) is 6.21 Å². The maximum atomic E-state index is 8.41. The third-order valence-electron chi connectivity index (χ3n) is 4.71. The zero-order valence-corrected chi connectivity index (χ0v) is 13.2. The molecule has 23 heavy (non-hydrogen) atoms. The van der Waals surface area contributed by atoms with E-state index in [2.05, 4.69) is 10.3 Å². The minimum atomic E-state index is 0.340. The SMILES string of the molecule is N=Cc1cnc(/C(=C/NC2CC(CN)C2)C(=N)C2CC2)cc1N. The number of hydrogen-bond acceptors (Lipinski definition) is 6. The Morgan fingerprint density at radius 1 is 1.39 bits per heavy atom. The second-order valence-corrected chi connectivity index (χ2v) is 6.53. The van der Waals surface area contributed by atoms with Crippen LogP contribution in [0.4, 0.5) is 5.69 Å². The van der Waals surface area contributed by atoms with Gasteiger partial charge in [-0.25, -0.2) is 0 Å². The standard InChI is InChI=1S/C17H24N6/c18-6-10-3-13(4-10)22-9-14(17(21)11-1-2-11)16-5-15(20)12(7-19)8-23-16/h5,7-11,13,19,21-22H,1-4,6,18H2,(H2,20,23)/b14-9-,19-7?,21-17?. The van der Waals surface area contributed by atoms with E-state index in [4.69, 9.17) is 22.3 Å². The lowest BCUT2D eigenvalue weighted by molar-refractivity contribution is 0.247. The van der Waals surface area contributed by atoms with Gasteiger partial charge in [0.25, 0.3) is 0 Å².